The number of rotatable bonds is 4. The van der Waals surface area contributed by atoms with E-state index in [1.807, 2.05) is 36.4 Å². The average Bonchev–Trinajstić information content (AvgIpc) is 2.69. The lowest BCUT2D eigenvalue weighted by molar-refractivity contribution is 1.20. The van der Waals surface area contributed by atoms with Crippen LogP contribution in [0.3, 0.4) is 0 Å². The molecule has 25 heavy (non-hydrogen) atoms. The SMILES string of the molecule is N=C(c1ccccc1)c1ccccc1Cc1cccc2ccccc12. The highest BCUT2D eigenvalue weighted by Gasteiger charge is 2.11. The summed E-state index contributed by atoms with van der Waals surface area (Å²) < 4.78 is 0. The Kier molecular flexibility index (Phi) is 4.14. The first kappa shape index (κ1) is 15.3. The summed E-state index contributed by atoms with van der Waals surface area (Å²) in [6.07, 6.45) is 0.826. The monoisotopic (exact) mass is 321 g/mol. The Morgan fingerprint density at radius 2 is 1.24 bits per heavy atom. The van der Waals surface area contributed by atoms with E-state index >= 15 is 0 Å². The summed E-state index contributed by atoms with van der Waals surface area (Å²) in [6, 6.07) is 33.1. The minimum absolute atomic E-state index is 0.580. The Balaban J connectivity index is 1.76. The maximum atomic E-state index is 8.64. The molecular weight excluding hydrogens is 302 g/mol. The van der Waals surface area contributed by atoms with Gasteiger partial charge in [0.15, 0.2) is 0 Å². The van der Waals surface area contributed by atoms with Crippen LogP contribution >= 0.6 is 0 Å². The van der Waals surface area contributed by atoms with Crippen molar-refractivity contribution in [1.29, 1.82) is 5.41 Å². The molecule has 0 radical (unpaired) electrons. The van der Waals surface area contributed by atoms with E-state index in [2.05, 4.69) is 60.7 Å². The van der Waals surface area contributed by atoms with E-state index in [4.69, 9.17) is 5.41 Å². The van der Waals surface area contributed by atoms with Crippen molar-refractivity contribution in [2.24, 2.45) is 0 Å². The van der Waals surface area contributed by atoms with Crippen LogP contribution in [0.1, 0.15) is 22.3 Å². The molecule has 0 bridgehead atoms. The molecular formula is C24H19N. The lowest BCUT2D eigenvalue weighted by Crippen LogP contribution is -2.06. The number of hydrogen-bond donors (Lipinski definition) is 1. The Morgan fingerprint density at radius 3 is 2.12 bits per heavy atom. The summed E-state index contributed by atoms with van der Waals surface area (Å²) in [7, 11) is 0. The summed E-state index contributed by atoms with van der Waals surface area (Å²) in [5, 5.41) is 11.2. The Hall–Kier alpha value is -3.19. The van der Waals surface area contributed by atoms with Crippen molar-refractivity contribution in [3.05, 3.63) is 119 Å². The lowest BCUT2D eigenvalue weighted by atomic mass is 9.92. The molecule has 0 aromatic heterocycles. The molecule has 120 valence electrons. The fourth-order valence-electron chi connectivity index (χ4n) is 3.33. The minimum Gasteiger partial charge on any atom is -0.300 e. The third-order valence-electron chi connectivity index (χ3n) is 4.61. The molecule has 4 rings (SSSR count). The van der Waals surface area contributed by atoms with Crippen molar-refractivity contribution >= 4 is 16.5 Å². The van der Waals surface area contributed by atoms with Gasteiger partial charge >= 0.3 is 0 Å². The van der Waals surface area contributed by atoms with Crippen LogP contribution in [0.25, 0.3) is 10.8 Å². The predicted molar refractivity (Wildman–Crippen MR) is 106 cm³/mol. The van der Waals surface area contributed by atoms with Crippen LogP contribution in [-0.2, 0) is 6.42 Å². The van der Waals surface area contributed by atoms with E-state index in [0.717, 1.165) is 17.5 Å². The van der Waals surface area contributed by atoms with Crippen molar-refractivity contribution in [2.75, 3.05) is 0 Å². The largest absolute Gasteiger partial charge is 0.300 e. The smallest absolute Gasteiger partial charge is 0.0687 e. The van der Waals surface area contributed by atoms with Gasteiger partial charge in [0.25, 0.3) is 0 Å². The van der Waals surface area contributed by atoms with Crippen LogP contribution in [0.5, 0.6) is 0 Å². The van der Waals surface area contributed by atoms with Gasteiger partial charge in [0.05, 0.1) is 5.71 Å². The third kappa shape index (κ3) is 3.09. The average molecular weight is 321 g/mol. The summed E-state index contributed by atoms with van der Waals surface area (Å²) in [6.45, 7) is 0. The predicted octanol–water partition coefficient (Wildman–Crippen LogP) is 5.85. The zero-order valence-corrected chi connectivity index (χ0v) is 13.9. The number of hydrogen-bond acceptors (Lipinski definition) is 1. The Labute approximate surface area is 148 Å². The Morgan fingerprint density at radius 1 is 0.600 bits per heavy atom. The fourth-order valence-corrected chi connectivity index (χ4v) is 3.33. The van der Waals surface area contributed by atoms with Crippen LogP contribution in [0.4, 0.5) is 0 Å². The van der Waals surface area contributed by atoms with Gasteiger partial charge in [0.2, 0.25) is 0 Å². The van der Waals surface area contributed by atoms with Gasteiger partial charge in [0.1, 0.15) is 0 Å². The zero-order valence-electron chi connectivity index (χ0n) is 13.9. The van der Waals surface area contributed by atoms with Crippen LogP contribution in [0.2, 0.25) is 0 Å². The maximum Gasteiger partial charge on any atom is 0.0687 e. The van der Waals surface area contributed by atoms with Gasteiger partial charge < -0.3 is 0 Å². The zero-order chi connectivity index (χ0) is 17.1. The van der Waals surface area contributed by atoms with Crippen LogP contribution in [-0.4, -0.2) is 5.71 Å². The van der Waals surface area contributed by atoms with Crippen molar-refractivity contribution in [3.63, 3.8) is 0 Å². The molecule has 0 spiro atoms. The highest BCUT2D eigenvalue weighted by Crippen LogP contribution is 2.24. The van der Waals surface area contributed by atoms with Crippen LogP contribution in [0.15, 0.2) is 97.1 Å². The summed E-state index contributed by atoms with van der Waals surface area (Å²) in [5.41, 5.74) is 5.02. The third-order valence-corrected chi connectivity index (χ3v) is 4.61. The first-order chi connectivity index (χ1) is 12.3. The number of fused-ring (bicyclic) bond motifs is 1. The fraction of sp³-hybridized carbons (Fsp3) is 0.0417. The van der Waals surface area contributed by atoms with E-state index < -0.39 is 0 Å². The van der Waals surface area contributed by atoms with Gasteiger partial charge in [-0.05, 0) is 28.3 Å². The first-order valence-corrected chi connectivity index (χ1v) is 8.52. The highest BCUT2D eigenvalue weighted by atomic mass is 14.4. The quantitative estimate of drug-likeness (QED) is 0.456. The molecule has 0 aliphatic carbocycles. The molecule has 1 nitrogen and oxygen atoms in total. The van der Waals surface area contributed by atoms with E-state index in [0.29, 0.717) is 5.71 Å². The van der Waals surface area contributed by atoms with Crippen molar-refractivity contribution in [1.82, 2.24) is 0 Å². The van der Waals surface area contributed by atoms with Gasteiger partial charge in [-0.1, -0.05) is 97.1 Å². The van der Waals surface area contributed by atoms with Gasteiger partial charge in [-0.25, -0.2) is 0 Å². The minimum atomic E-state index is 0.580. The Bertz CT molecular complexity index is 1030. The van der Waals surface area contributed by atoms with Crippen molar-refractivity contribution < 1.29 is 0 Å². The first-order valence-electron chi connectivity index (χ1n) is 8.52. The maximum absolute atomic E-state index is 8.64. The summed E-state index contributed by atoms with van der Waals surface area (Å²) in [5.74, 6) is 0. The molecule has 0 unspecified atom stereocenters. The van der Waals surface area contributed by atoms with Crippen LogP contribution in [0, 0.1) is 5.41 Å². The molecule has 0 aliphatic rings. The van der Waals surface area contributed by atoms with E-state index in [1.165, 1.54) is 21.9 Å². The van der Waals surface area contributed by atoms with E-state index in [1.54, 1.807) is 0 Å². The molecule has 4 aromatic carbocycles. The second-order valence-electron chi connectivity index (χ2n) is 6.21. The number of nitrogens with one attached hydrogen (secondary N) is 1. The van der Waals surface area contributed by atoms with E-state index in [9.17, 15) is 0 Å². The molecule has 1 N–H and O–H groups in total. The molecule has 0 saturated heterocycles. The highest BCUT2D eigenvalue weighted by molar-refractivity contribution is 6.11. The molecule has 0 aliphatic heterocycles. The topological polar surface area (TPSA) is 23.9 Å². The lowest BCUT2D eigenvalue weighted by Gasteiger charge is -2.13. The second kappa shape index (κ2) is 6.74. The normalized spacial score (nSPS) is 10.7. The molecule has 1 heteroatoms. The molecule has 0 amide bonds. The molecule has 0 atom stereocenters. The number of benzene rings is 4. The molecule has 4 aromatic rings. The van der Waals surface area contributed by atoms with Crippen LogP contribution < -0.4 is 0 Å². The summed E-state index contributed by atoms with van der Waals surface area (Å²) in [4.78, 5) is 0. The second-order valence-corrected chi connectivity index (χ2v) is 6.21. The van der Waals surface area contributed by atoms with Gasteiger partial charge in [0, 0.05) is 11.1 Å². The van der Waals surface area contributed by atoms with Gasteiger partial charge in [-0.3, -0.25) is 5.41 Å². The van der Waals surface area contributed by atoms with Crippen molar-refractivity contribution in [3.8, 4) is 0 Å². The molecule has 0 heterocycles. The van der Waals surface area contributed by atoms with Crippen molar-refractivity contribution in [2.45, 2.75) is 6.42 Å². The molecule has 0 fully saturated rings. The molecule has 0 saturated carbocycles. The van der Waals surface area contributed by atoms with Gasteiger partial charge in [-0.15, -0.1) is 0 Å². The standard InChI is InChI=1S/C24H19N/c25-24(19-10-2-1-3-11-19)23-16-7-5-12-21(23)17-20-14-8-13-18-9-4-6-15-22(18)20/h1-16,25H,17H2. The summed E-state index contributed by atoms with van der Waals surface area (Å²) >= 11 is 0. The van der Waals surface area contributed by atoms with Gasteiger partial charge in [-0.2, -0.15) is 0 Å². The van der Waals surface area contributed by atoms with E-state index in [-0.39, 0.29) is 0 Å².